The van der Waals surface area contributed by atoms with Gasteiger partial charge in [-0.15, -0.1) is 11.6 Å². The summed E-state index contributed by atoms with van der Waals surface area (Å²) in [4.78, 5) is 0. The highest BCUT2D eigenvalue weighted by Crippen LogP contribution is 2.38. The molecule has 0 aliphatic carbocycles. The summed E-state index contributed by atoms with van der Waals surface area (Å²) in [6, 6.07) is 4.76. The van der Waals surface area contributed by atoms with Gasteiger partial charge in [-0.3, -0.25) is 0 Å². The van der Waals surface area contributed by atoms with Crippen LogP contribution in [0.4, 0.5) is 8.78 Å². The average Bonchev–Trinajstić information content (AvgIpc) is 2.39. The van der Waals surface area contributed by atoms with Crippen molar-refractivity contribution in [2.75, 3.05) is 0 Å². The molecule has 0 N–H and O–H groups in total. The Labute approximate surface area is 134 Å². The highest BCUT2D eigenvalue weighted by molar-refractivity contribution is 6.43. The molecule has 0 aromatic heterocycles. The minimum atomic E-state index is -0.886. The van der Waals surface area contributed by atoms with E-state index in [0.717, 1.165) is 12.1 Å². The maximum Gasteiger partial charge on any atom is 0.198 e. The Morgan fingerprint density at radius 2 is 1.40 bits per heavy atom. The normalized spacial score (nSPS) is 10.7. The van der Waals surface area contributed by atoms with Crippen LogP contribution in [0.3, 0.4) is 0 Å². The molecule has 0 heterocycles. The first-order valence-corrected chi connectivity index (χ1v) is 6.95. The first kappa shape index (κ1) is 15.6. The molecule has 0 saturated carbocycles. The van der Waals surface area contributed by atoms with E-state index >= 15 is 0 Å². The van der Waals surface area contributed by atoms with E-state index in [4.69, 9.17) is 51.1 Å². The lowest BCUT2D eigenvalue weighted by molar-refractivity contribution is 0.407. The summed E-state index contributed by atoms with van der Waals surface area (Å²) in [6.45, 7) is 0. The van der Waals surface area contributed by atoms with E-state index in [0.29, 0.717) is 5.56 Å². The fourth-order valence-corrected chi connectivity index (χ4v) is 2.21. The van der Waals surface area contributed by atoms with Crippen molar-refractivity contribution in [3.05, 3.63) is 56.5 Å². The Kier molecular flexibility index (Phi) is 4.97. The largest absolute Gasteiger partial charge is 0.450 e. The summed E-state index contributed by atoms with van der Waals surface area (Å²) >= 11 is 23.0. The standard InChI is InChI=1S/C13H6Cl4F2O/c14-5-6-1-10(18)13(11(19)2-6)20-12-4-8(16)7(15)3-9(12)17/h1-4H,5H2. The van der Waals surface area contributed by atoms with Crippen LogP contribution < -0.4 is 4.74 Å². The van der Waals surface area contributed by atoms with Gasteiger partial charge in [0.1, 0.15) is 5.75 Å². The molecule has 2 aromatic rings. The van der Waals surface area contributed by atoms with Crippen molar-refractivity contribution in [1.82, 2.24) is 0 Å². The molecular formula is C13H6Cl4F2O. The second-order valence-corrected chi connectivity index (χ2v) is 5.31. The lowest BCUT2D eigenvalue weighted by atomic mass is 10.2. The van der Waals surface area contributed by atoms with Gasteiger partial charge < -0.3 is 4.74 Å². The Bertz CT molecular complexity index is 638. The van der Waals surface area contributed by atoms with Crippen LogP contribution in [0.25, 0.3) is 0 Å². The first-order valence-electron chi connectivity index (χ1n) is 5.28. The highest BCUT2D eigenvalue weighted by Gasteiger charge is 2.16. The summed E-state index contributed by atoms with van der Waals surface area (Å²) in [5.41, 5.74) is 0.300. The molecule has 0 fully saturated rings. The molecule has 20 heavy (non-hydrogen) atoms. The van der Waals surface area contributed by atoms with Crippen molar-refractivity contribution in [3.63, 3.8) is 0 Å². The van der Waals surface area contributed by atoms with Gasteiger partial charge in [0.2, 0.25) is 0 Å². The molecule has 0 bridgehead atoms. The average molecular weight is 358 g/mol. The van der Waals surface area contributed by atoms with Gasteiger partial charge in [0.15, 0.2) is 17.4 Å². The zero-order chi connectivity index (χ0) is 14.9. The number of halogens is 6. The van der Waals surface area contributed by atoms with E-state index in [2.05, 4.69) is 0 Å². The molecule has 2 aromatic carbocycles. The van der Waals surface area contributed by atoms with Gasteiger partial charge in [0.05, 0.1) is 15.1 Å². The van der Waals surface area contributed by atoms with E-state index in [-0.39, 0.29) is 26.7 Å². The maximum absolute atomic E-state index is 13.8. The van der Waals surface area contributed by atoms with Gasteiger partial charge in [-0.2, -0.15) is 0 Å². The third-order valence-corrected chi connectivity index (χ3v) is 3.73. The van der Waals surface area contributed by atoms with Crippen molar-refractivity contribution < 1.29 is 13.5 Å². The molecular weight excluding hydrogens is 352 g/mol. The second kappa shape index (κ2) is 6.35. The zero-order valence-electron chi connectivity index (χ0n) is 9.69. The molecule has 0 atom stereocenters. The molecule has 0 aliphatic rings. The van der Waals surface area contributed by atoms with Crippen LogP contribution in [0.15, 0.2) is 24.3 Å². The first-order chi connectivity index (χ1) is 9.42. The molecule has 0 radical (unpaired) electrons. The summed E-state index contributed by atoms with van der Waals surface area (Å²) in [6.07, 6.45) is 0. The van der Waals surface area contributed by atoms with Crippen LogP contribution in [0, 0.1) is 11.6 Å². The molecule has 0 spiro atoms. The van der Waals surface area contributed by atoms with E-state index in [9.17, 15) is 8.78 Å². The maximum atomic E-state index is 13.8. The lowest BCUT2D eigenvalue weighted by Crippen LogP contribution is -1.95. The predicted molar refractivity (Wildman–Crippen MR) is 77.5 cm³/mol. The number of alkyl halides is 1. The Hall–Kier alpha value is -0.740. The van der Waals surface area contributed by atoms with Crippen LogP contribution >= 0.6 is 46.4 Å². The van der Waals surface area contributed by atoms with Gasteiger partial charge in [-0.25, -0.2) is 8.78 Å². The lowest BCUT2D eigenvalue weighted by Gasteiger charge is -2.11. The Morgan fingerprint density at radius 3 is 1.95 bits per heavy atom. The van der Waals surface area contributed by atoms with Crippen LogP contribution in [0.5, 0.6) is 11.5 Å². The van der Waals surface area contributed by atoms with Gasteiger partial charge >= 0.3 is 0 Å². The van der Waals surface area contributed by atoms with Crippen LogP contribution in [-0.2, 0) is 5.88 Å². The second-order valence-electron chi connectivity index (χ2n) is 3.82. The number of benzene rings is 2. The predicted octanol–water partition coefficient (Wildman–Crippen LogP) is 6.46. The molecule has 2 rings (SSSR count). The number of hydrogen-bond donors (Lipinski definition) is 0. The third-order valence-electron chi connectivity index (χ3n) is 2.40. The summed E-state index contributed by atoms with van der Waals surface area (Å²) in [7, 11) is 0. The number of rotatable bonds is 3. The van der Waals surface area contributed by atoms with E-state index in [1.54, 1.807) is 0 Å². The summed E-state index contributed by atoms with van der Waals surface area (Å²) < 4.78 is 32.7. The van der Waals surface area contributed by atoms with Crippen molar-refractivity contribution in [2.24, 2.45) is 0 Å². The molecule has 1 nitrogen and oxygen atoms in total. The van der Waals surface area contributed by atoms with Crippen molar-refractivity contribution in [2.45, 2.75) is 5.88 Å². The molecule has 7 heteroatoms. The van der Waals surface area contributed by atoms with Crippen molar-refractivity contribution in [3.8, 4) is 11.5 Å². The van der Waals surface area contributed by atoms with E-state index in [1.807, 2.05) is 0 Å². The Morgan fingerprint density at radius 1 is 0.850 bits per heavy atom. The fourth-order valence-electron chi connectivity index (χ4n) is 1.48. The smallest absolute Gasteiger partial charge is 0.198 e. The van der Waals surface area contributed by atoms with Crippen molar-refractivity contribution in [1.29, 1.82) is 0 Å². The van der Waals surface area contributed by atoms with E-state index in [1.165, 1.54) is 12.1 Å². The topological polar surface area (TPSA) is 9.23 Å². The highest BCUT2D eigenvalue weighted by atomic mass is 35.5. The molecule has 0 amide bonds. The van der Waals surface area contributed by atoms with E-state index < -0.39 is 17.4 Å². The molecule has 106 valence electrons. The summed E-state index contributed by atoms with van der Waals surface area (Å²) in [5, 5.41) is 0.450. The zero-order valence-corrected chi connectivity index (χ0v) is 12.7. The monoisotopic (exact) mass is 356 g/mol. The summed E-state index contributed by atoms with van der Waals surface area (Å²) in [5.74, 6) is -2.37. The van der Waals surface area contributed by atoms with Crippen LogP contribution in [-0.4, -0.2) is 0 Å². The van der Waals surface area contributed by atoms with Gasteiger partial charge in [-0.05, 0) is 23.8 Å². The van der Waals surface area contributed by atoms with Crippen LogP contribution in [0.1, 0.15) is 5.56 Å². The Balaban J connectivity index is 2.42. The number of ether oxygens (including phenoxy) is 1. The molecule has 0 saturated heterocycles. The third kappa shape index (κ3) is 3.29. The fraction of sp³-hybridized carbons (Fsp3) is 0.0769. The van der Waals surface area contributed by atoms with Gasteiger partial charge in [0.25, 0.3) is 0 Å². The van der Waals surface area contributed by atoms with Crippen molar-refractivity contribution >= 4 is 46.4 Å². The van der Waals surface area contributed by atoms with Gasteiger partial charge in [0, 0.05) is 11.9 Å². The SMILES string of the molecule is Fc1cc(CCl)cc(F)c1Oc1cc(Cl)c(Cl)cc1Cl. The molecule has 0 aliphatic heterocycles. The quantitative estimate of drug-likeness (QED) is 0.452. The van der Waals surface area contributed by atoms with Gasteiger partial charge in [-0.1, -0.05) is 34.8 Å². The minimum absolute atomic E-state index is 0.00232. The van der Waals surface area contributed by atoms with Crippen LogP contribution in [0.2, 0.25) is 15.1 Å². The number of hydrogen-bond acceptors (Lipinski definition) is 1. The molecule has 0 unspecified atom stereocenters. The minimum Gasteiger partial charge on any atom is -0.450 e.